The van der Waals surface area contributed by atoms with E-state index in [0.29, 0.717) is 22.3 Å². The molecule has 2 atom stereocenters. The number of rotatable bonds is 4. The zero-order chi connectivity index (χ0) is 19.3. The van der Waals surface area contributed by atoms with Crippen molar-refractivity contribution in [1.82, 2.24) is 10.3 Å². The third kappa shape index (κ3) is 2.88. The molecule has 9 heteroatoms. The number of ether oxygens (including phenoxy) is 2. The predicted molar refractivity (Wildman–Crippen MR) is 95.5 cm³/mol. The van der Waals surface area contributed by atoms with Crippen molar-refractivity contribution >= 4 is 28.6 Å². The summed E-state index contributed by atoms with van der Waals surface area (Å²) in [5, 5.41) is 3.17. The van der Waals surface area contributed by atoms with Crippen molar-refractivity contribution in [2.45, 2.75) is 31.8 Å². The van der Waals surface area contributed by atoms with E-state index in [9.17, 15) is 14.0 Å². The molecule has 2 saturated heterocycles. The maximum atomic E-state index is 14.9. The van der Waals surface area contributed by atoms with Gasteiger partial charge < -0.3 is 25.4 Å². The molecule has 0 bridgehead atoms. The minimum Gasteiger partial charge on any atom is -0.490 e. The molecule has 3 heterocycles. The summed E-state index contributed by atoms with van der Waals surface area (Å²) in [6.45, 7) is 3.83. The molecular weight excluding hydrogens is 355 g/mol. The van der Waals surface area contributed by atoms with E-state index < -0.39 is 23.9 Å². The van der Waals surface area contributed by atoms with E-state index in [4.69, 9.17) is 15.2 Å². The topological polar surface area (TPSA) is 107 Å². The Labute approximate surface area is 154 Å². The van der Waals surface area contributed by atoms with Gasteiger partial charge in [-0.15, -0.1) is 0 Å². The van der Waals surface area contributed by atoms with Gasteiger partial charge in [0.1, 0.15) is 11.8 Å². The second kappa shape index (κ2) is 5.97. The SMILES string of the molecule is CC(C)Oc1cc2c(N3C[C@H]4NC(=O)O[C@@]4(F)C3)ccnc2cc1C(N)=O. The van der Waals surface area contributed by atoms with Gasteiger partial charge >= 0.3 is 6.09 Å². The number of nitrogens with two attached hydrogens (primary N) is 1. The first-order valence-corrected chi connectivity index (χ1v) is 8.59. The summed E-state index contributed by atoms with van der Waals surface area (Å²) in [5.74, 6) is -2.34. The van der Waals surface area contributed by atoms with Crippen molar-refractivity contribution in [2.75, 3.05) is 18.0 Å². The Morgan fingerprint density at radius 2 is 2.30 bits per heavy atom. The van der Waals surface area contributed by atoms with Crippen molar-refractivity contribution in [3.8, 4) is 5.75 Å². The molecule has 2 aliphatic heterocycles. The van der Waals surface area contributed by atoms with Gasteiger partial charge in [-0.05, 0) is 32.0 Å². The number of aromatic nitrogens is 1. The number of carbonyl (C=O) groups is 2. The number of alkyl carbamates (subject to hydrolysis) is 1. The number of primary amides is 1. The Hall–Kier alpha value is -3.10. The van der Waals surface area contributed by atoms with Gasteiger partial charge in [-0.25, -0.2) is 4.79 Å². The average Bonchev–Trinajstić information content (AvgIpc) is 3.02. The highest BCUT2D eigenvalue weighted by Crippen LogP contribution is 2.38. The van der Waals surface area contributed by atoms with Crippen LogP contribution in [0.5, 0.6) is 5.75 Å². The second-order valence-electron chi connectivity index (χ2n) is 6.98. The molecule has 1 aromatic heterocycles. The number of nitrogens with one attached hydrogen (secondary N) is 1. The molecule has 142 valence electrons. The van der Waals surface area contributed by atoms with Gasteiger partial charge in [0.2, 0.25) is 0 Å². The van der Waals surface area contributed by atoms with Crippen molar-refractivity contribution in [1.29, 1.82) is 0 Å². The predicted octanol–water partition coefficient (Wildman–Crippen LogP) is 1.72. The van der Waals surface area contributed by atoms with Gasteiger partial charge in [0.15, 0.2) is 0 Å². The van der Waals surface area contributed by atoms with Crippen LogP contribution in [-0.2, 0) is 4.74 Å². The van der Waals surface area contributed by atoms with Crippen LogP contribution in [0.15, 0.2) is 24.4 Å². The van der Waals surface area contributed by atoms with Crippen molar-refractivity contribution in [2.24, 2.45) is 5.73 Å². The number of amides is 2. The molecule has 2 fully saturated rings. The molecule has 2 amide bonds. The Kier molecular flexibility index (Phi) is 3.83. The lowest BCUT2D eigenvalue weighted by molar-refractivity contribution is -0.0540. The van der Waals surface area contributed by atoms with E-state index in [2.05, 4.69) is 10.3 Å². The van der Waals surface area contributed by atoms with E-state index in [0.717, 1.165) is 0 Å². The number of anilines is 1. The maximum Gasteiger partial charge on any atom is 0.410 e. The Morgan fingerprint density at radius 1 is 1.52 bits per heavy atom. The molecule has 0 spiro atoms. The molecule has 0 unspecified atom stereocenters. The molecule has 1 aromatic carbocycles. The fourth-order valence-corrected chi connectivity index (χ4v) is 3.54. The Bertz CT molecular complexity index is 950. The van der Waals surface area contributed by atoms with Crippen LogP contribution in [0.3, 0.4) is 0 Å². The smallest absolute Gasteiger partial charge is 0.410 e. The molecular formula is C18H19FN4O4. The first kappa shape index (κ1) is 17.3. The number of fused-ring (bicyclic) bond motifs is 2. The van der Waals surface area contributed by atoms with E-state index in [1.165, 1.54) is 0 Å². The maximum absolute atomic E-state index is 14.9. The van der Waals surface area contributed by atoms with Crippen LogP contribution in [0.2, 0.25) is 0 Å². The number of halogens is 1. The highest BCUT2D eigenvalue weighted by Gasteiger charge is 2.56. The molecule has 0 aliphatic carbocycles. The highest BCUT2D eigenvalue weighted by atomic mass is 19.2. The standard InChI is InChI=1S/C18H19FN4O4/c1-9(2)26-14-6-10-12(5-11(14)16(20)24)21-4-3-13(10)23-7-15-18(19,8-23)27-17(25)22-15/h3-6,9,15H,7-8H2,1-2H3,(H2,20,24)(H,22,25)/t15-,18+/m1/s1. The number of benzene rings is 1. The van der Waals surface area contributed by atoms with Crippen LogP contribution < -0.4 is 20.7 Å². The van der Waals surface area contributed by atoms with Crippen LogP contribution in [0, 0.1) is 0 Å². The largest absolute Gasteiger partial charge is 0.490 e. The van der Waals surface area contributed by atoms with Gasteiger partial charge in [-0.1, -0.05) is 0 Å². The van der Waals surface area contributed by atoms with E-state index in [1.54, 1.807) is 29.3 Å². The van der Waals surface area contributed by atoms with Crippen LogP contribution in [0.4, 0.5) is 14.9 Å². The molecule has 0 radical (unpaired) electrons. The summed E-state index contributed by atoms with van der Waals surface area (Å²) in [6.07, 6.45) is 0.661. The van der Waals surface area contributed by atoms with Gasteiger partial charge in [0, 0.05) is 23.8 Å². The van der Waals surface area contributed by atoms with Crippen LogP contribution in [-0.4, -0.2) is 48.1 Å². The van der Waals surface area contributed by atoms with Crippen molar-refractivity contribution < 1.29 is 23.5 Å². The molecule has 0 saturated carbocycles. The van der Waals surface area contributed by atoms with Crippen molar-refractivity contribution in [3.05, 3.63) is 30.0 Å². The minimum absolute atomic E-state index is 0.104. The quantitative estimate of drug-likeness (QED) is 0.844. The van der Waals surface area contributed by atoms with E-state index in [-0.39, 0.29) is 24.8 Å². The van der Waals surface area contributed by atoms with E-state index in [1.807, 2.05) is 13.8 Å². The Morgan fingerprint density at radius 3 is 2.96 bits per heavy atom. The number of nitrogens with zero attached hydrogens (tertiary/aromatic N) is 2. The van der Waals surface area contributed by atoms with Crippen LogP contribution >= 0.6 is 0 Å². The van der Waals surface area contributed by atoms with Gasteiger partial charge in [0.05, 0.1) is 23.7 Å². The second-order valence-corrected chi connectivity index (χ2v) is 6.98. The average molecular weight is 374 g/mol. The van der Waals surface area contributed by atoms with Crippen LogP contribution in [0.1, 0.15) is 24.2 Å². The third-order valence-electron chi connectivity index (χ3n) is 4.67. The van der Waals surface area contributed by atoms with E-state index >= 15 is 0 Å². The molecule has 8 nitrogen and oxygen atoms in total. The number of pyridine rings is 1. The molecule has 2 aliphatic rings. The number of hydrogen-bond donors (Lipinski definition) is 2. The normalized spacial score (nSPS) is 24.1. The molecule has 4 rings (SSSR count). The molecule has 3 N–H and O–H groups in total. The van der Waals surface area contributed by atoms with Gasteiger partial charge in [-0.3, -0.25) is 9.78 Å². The highest BCUT2D eigenvalue weighted by molar-refractivity contribution is 6.02. The van der Waals surface area contributed by atoms with Gasteiger partial charge in [0.25, 0.3) is 11.8 Å². The lowest BCUT2D eigenvalue weighted by Crippen LogP contribution is -2.38. The molecule has 2 aromatic rings. The third-order valence-corrected chi connectivity index (χ3v) is 4.67. The first-order chi connectivity index (χ1) is 12.8. The summed E-state index contributed by atoms with van der Waals surface area (Å²) in [4.78, 5) is 29.2. The number of carbonyl (C=O) groups excluding carboxylic acids is 2. The Balaban J connectivity index is 1.78. The summed E-state index contributed by atoms with van der Waals surface area (Å²) < 4.78 is 25.4. The summed E-state index contributed by atoms with van der Waals surface area (Å²) >= 11 is 0. The fraction of sp³-hybridized carbons (Fsp3) is 0.389. The van der Waals surface area contributed by atoms with Crippen molar-refractivity contribution in [3.63, 3.8) is 0 Å². The number of hydrogen-bond acceptors (Lipinski definition) is 6. The zero-order valence-electron chi connectivity index (χ0n) is 14.9. The zero-order valence-corrected chi connectivity index (χ0v) is 14.9. The first-order valence-electron chi connectivity index (χ1n) is 8.59. The lowest BCUT2D eigenvalue weighted by Gasteiger charge is -2.22. The molecule has 27 heavy (non-hydrogen) atoms. The lowest BCUT2D eigenvalue weighted by atomic mass is 10.1. The number of alkyl halides is 1. The van der Waals surface area contributed by atoms with Gasteiger partial charge in [-0.2, -0.15) is 4.39 Å². The fourth-order valence-electron chi connectivity index (χ4n) is 3.54. The summed E-state index contributed by atoms with van der Waals surface area (Å²) in [6, 6.07) is 4.26. The van der Waals surface area contributed by atoms with Crippen LogP contribution in [0.25, 0.3) is 10.9 Å². The summed E-state index contributed by atoms with van der Waals surface area (Å²) in [7, 11) is 0. The minimum atomic E-state index is -2.07. The summed E-state index contributed by atoms with van der Waals surface area (Å²) in [5.41, 5.74) is 6.94. The monoisotopic (exact) mass is 374 g/mol.